The van der Waals surface area contributed by atoms with Crippen LogP contribution in [0.3, 0.4) is 0 Å². The van der Waals surface area contributed by atoms with Gasteiger partial charge in [-0.1, -0.05) is 6.07 Å². The van der Waals surface area contributed by atoms with Gasteiger partial charge in [-0.05, 0) is 55.0 Å². The van der Waals surface area contributed by atoms with Gasteiger partial charge in [-0.15, -0.1) is 0 Å². The number of amides is 1. The summed E-state index contributed by atoms with van der Waals surface area (Å²) in [4.78, 5) is 17.0. The lowest BCUT2D eigenvalue weighted by molar-refractivity contribution is -0.123. The molecular weight excluding hydrogens is 329 g/mol. The molecule has 3 atom stereocenters. The Kier molecular flexibility index (Phi) is 3.98. The van der Waals surface area contributed by atoms with Gasteiger partial charge in [0.25, 0.3) is 0 Å². The lowest BCUT2D eigenvalue weighted by atomic mass is 9.86. The number of rotatable bonds is 3. The summed E-state index contributed by atoms with van der Waals surface area (Å²) in [6.07, 6.45) is 4.88. The maximum absolute atomic E-state index is 13.4. The second-order valence-electron chi connectivity index (χ2n) is 6.75. The Balaban J connectivity index is 1.46. The van der Waals surface area contributed by atoms with Gasteiger partial charge in [0.15, 0.2) is 17.5 Å². The molecule has 1 aromatic carbocycles. The van der Waals surface area contributed by atoms with Gasteiger partial charge in [-0.25, -0.2) is 13.2 Å². The Hall–Kier alpha value is -2.37. The molecule has 1 heterocycles. The van der Waals surface area contributed by atoms with Gasteiger partial charge in [-0.3, -0.25) is 9.78 Å². The Labute approximate surface area is 143 Å². The topological polar surface area (TPSA) is 42.0 Å². The number of nitrogens with one attached hydrogen (secondary N) is 1. The van der Waals surface area contributed by atoms with Crippen LogP contribution in [0.15, 0.2) is 30.5 Å². The number of fused-ring (bicyclic) bond motifs is 1. The van der Waals surface area contributed by atoms with Crippen molar-refractivity contribution in [2.24, 2.45) is 0 Å². The van der Waals surface area contributed by atoms with E-state index in [0.29, 0.717) is 12.0 Å². The van der Waals surface area contributed by atoms with Gasteiger partial charge in [0.05, 0.1) is 11.6 Å². The monoisotopic (exact) mass is 346 g/mol. The molecule has 1 unspecified atom stereocenters. The Morgan fingerprint density at radius 1 is 1.20 bits per heavy atom. The summed E-state index contributed by atoms with van der Waals surface area (Å²) in [5.74, 6) is -4.42. The standard InChI is InChI=1S/C19H17F3N2O/c20-14-7-11(8-15(21)17(14)22)13-9-16(13)24-19(25)12-5-1-3-10-4-2-6-23-18(10)12/h2,4,6-8,12-13,16H,1,3,5,9H2,(H,24,25)/t12?,13-,16+/m0/s1. The molecule has 2 aliphatic rings. The molecule has 3 nitrogen and oxygen atoms in total. The number of carbonyl (C=O) groups is 1. The summed E-state index contributed by atoms with van der Waals surface area (Å²) in [6, 6.07) is 5.70. The first-order valence-corrected chi connectivity index (χ1v) is 8.43. The fourth-order valence-corrected chi connectivity index (χ4v) is 3.66. The predicted molar refractivity (Wildman–Crippen MR) is 85.5 cm³/mol. The van der Waals surface area contributed by atoms with Crippen LogP contribution < -0.4 is 5.32 Å². The Morgan fingerprint density at radius 2 is 1.96 bits per heavy atom. The first-order chi connectivity index (χ1) is 12.0. The van der Waals surface area contributed by atoms with Gasteiger partial charge in [-0.2, -0.15) is 0 Å². The number of hydrogen-bond donors (Lipinski definition) is 1. The lowest BCUT2D eigenvalue weighted by Gasteiger charge is -2.23. The van der Waals surface area contributed by atoms with Crippen molar-refractivity contribution in [3.8, 4) is 0 Å². The third-order valence-electron chi connectivity index (χ3n) is 5.06. The molecule has 0 radical (unpaired) electrons. The van der Waals surface area contributed by atoms with Crippen molar-refractivity contribution < 1.29 is 18.0 Å². The summed E-state index contributed by atoms with van der Waals surface area (Å²) in [6.45, 7) is 0. The highest BCUT2D eigenvalue weighted by Gasteiger charge is 2.42. The van der Waals surface area contributed by atoms with E-state index in [0.717, 1.165) is 42.7 Å². The normalized spacial score (nSPS) is 24.5. The molecule has 2 aromatic rings. The number of hydrogen-bond acceptors (Lipinski definition) is 2. The molecule has 25 heavy (non-hydrogen) atoms. The van der Waals surface area contributed by atoms with Crippen molar-refractivity contribution in [1.29, 1.82) is 0 Å². The number of pyridine rings is 1. The Bertz CT molecular complexity index is 816. The zero-order chi connectivity index (χ0) is 17.6. The highest BCUT2D eigenvalue weighted by Crippen LogP contribution is 2.42. The van der Waals surface area contributed by atoms with Crippen LogP contribution in [-0.2, 0) is 11.2 Å². The van der Waals surface area contributed by atoms with E-state index in [2.05, 4.69) is 10.3 Å². The molecule has 0 aliphatic heterocycles. The average Bonchev–Trinajstić information content (AvgIpc) is 3.37. The van der Waals surface area contributed by atoms with E-state index in [1.165, 1.54) is 0 Å². The average molecular weight is 346 g/mol. The van der Waals surface area contributed by atoms with E-state index in [1.54, 1.807) is 6.20 Å². The fraction of sp³-hybridized carbons (Fsp3) is 0.368. The van der Waals surface area contributed by atoms with Crippen LogP contribution in [0.25, 0.3) is 0 Å². The molecule has 130 valence electrons. The molecular formula is C19H17F3N2O. The zero-order valence-corrected chi connectivity index (χ0v) is 13.4. The van der Waals surface area contributed by atoms with Crippen LogP contribution in [0.4, 0.5) is 13.2 Å². The van der Waals surface area contributed by atoms with Gasteiger partial charge in [0.2, 0.25) is 5.91 Å². The van der Waals surface area contributed by atoms with Gasteiger partial charge >= 0.3 is 0 Å². The summed E-state index contributed by atoms with van der Waals surface area (Å²) in [5, 5.41) is 2.95. The van der Waals surface area contributed by atoms with Crippen molar-refractivity contribution in [1.82, 2.24) is 10.3 Å². The minimum atomic E-state index is -1.46. The van der Waals surface area contributed by atoms with Crippen LogP contribution in [0.1, 0.15) is 47.9 Å². The molecule has 1 amide bonds. The molecule has 6 heteroatoms. The van der Waals surface area contributed by atoms with E-state index in [9.17, 15) is 18.0 Å². The SMILES string of the molecule is O=C(N[C@@H]1C[C@H]1c1cc(F)c(F)c(F)c1)C1CCCc2cccnc21. The molecule has 0 saturated heterocycles. The summed E-state index contributed by atoms with van der Waals surface area (Å²) in [7, 11) is 0. The van der Waals surface area contributed by atoms with Crippen LogP contribution in [0.2, 0.25) is 0 Å². The van der Waals surface area contributed by atoms with Gasteiger partial charge in [0.1, 0.15) is 0 Å². The van der Waals surface area contributed by atoms with E-state index < -0.39 is 17.5 Å². The van der Waals surface area contributed by atoms with E-state index in [4.69, 9.17) is 0 Å². The molecule has 1 N–H and O–H groups in total. The maximum Gasteiger partial charge on any atom is 0.229 e. The summed E-state index contributed by atoms with van der Waals surface area (Å²) in [5.41, 5.74) is 2.30. The number of halogens is 3. The second-order valence-corrected chi connectivity index (χ2v) is 6.75. The molecule has 1 saturated carbocycles. The molecule has 4 rings (SSSR count). The second kappa shape index (κ2) is 6.17. The van der Waals surface area contributed by atoms with Gasteiger partial charge < -0.3 is 5.32 Å². The lowest BCUT2D eigenvalue weighted by Crippen LogP contribution is -2.34. The largest absolute Gasteiger partial charge is 0.352 e. The van der Waals surface area contributed by atoms with Crippen molar-refractivity contribution in [3.63, 3.8) is 0 Å². The smallest absolute Gasteiger partial charge is 0.229 e. The van der Waals surface area contributed by atoms with E-state index in [1.807, 2.05) is 12.1 Å². The van der Waals surface area contributed by atoms with Crippen LogP contribution in [0.5, 0.6) is 0 Å². The van der Waals surface area contributed by atoms with Crippen LogP contribution >= 0.6 is 0 Å². The van der Waals surface area contributed by atoms with Crippen LogP contribution in [0, 0.1) is 17.5 Å². The van der Waals surface area contributed by atoms with E-state index in [-0.39, 0.29) is 23.8 Å². The molecule has 1 aromatic heterocycles. The maximum atomic E-state index is 13.4. The third kappa shape index (κ3) is 3.01. The van der Waals surface area contributed by atoms with Gasteiger partial charge in [0, 0.05) is 18.2 Å². The van der Waals surface area contributed by atoms with Crippen molar-refractivity contribution in [2.45, 2.75) is 43.6 Å². The number of aryl methyl sites for hydroxylation is 1. The Morgan fingerprint density at radius 3 is 2.72 bits per heavy atom. The molecule has 1 fully saturated rings. The first kappa shape index (κ1) is 16.1. The highest BCUT2D eigenvalue weighted by molar-refractivity contribution is 5.84. The number of benzene rings is 1. The van der Waals surface area contributed by atoms with Crippen LogP contribution in [-0.4, -0.2) is 16.9 Å². The fourth-order valence-electron chi connectivity index (χ4n) is 3.66. The van der Waals surface area contributed by atoms with E-state index >= 15 is 0 Å². The van der Waals surface area contributed by atoms with Crippen molar-refractivity contribution >= 4 is 5.91 Å². The molecule has 0 spiro atoms. The minimum Gasteiger partial charge on any atom is -0.352 e. The van der Waals surface area contributed by atoms with Crippen molar-refractivity contribution in [2.75, 3.05) is 0 Å². The summed E-state index contributed by atoms with van der Waals surface area (Å²) < 4.78 is 39.8. The van der Waals surface area contributed by atoms with Crippen molar-refractivity contribution in [3.05, 3.63) is 64.7 Å². The highest BCUT2D eigenvalue weighted by atomic mass is 19.2. The predicted octanol–water partition coefficient (Wildman–Crippen LogP) is 3.59. The molecule has 2 aliphatic carbocycles. The number of nitrogens with zero attached hydrogens (tertiary/aromatic N) is 1. The quantitative estimate of drug-likeness (QED) is 0.863. The summed E-state index contributed by atoms with van der Waals surface area (Å²) >= 11 is 0. The third-order valence-corrected chi connectivity index (χ3v) is 5.06. The molecule has 0 bridgehead atoms. The minimum absolute atomic E-state index is 0.102. The number of aromatic nitrogens is 1. The first-order valence-electron chi connectivity index (χ1n) is 8.43. The number of carbonyl (C=O) groups excluding carboxylic acids is 1. The zero-order valence-electron chi connectivity index (χ0n) is 13.4.